The molecule has 2 rings (SSSR count). The molecule has 2 heteroatoms. The Labute approximate surface area is 96.9 Å². The number of hydrogen-bond donors (Lipinski definition) is 2. The van der Waals surface area contributed by atoms with E-state index < -0.39 is 0 Å². The number of phenols is 1. The Bertz CT molecular complexity index is 310. The lowest BCUT2D eigenvalue weighted by molar-refractivity contribution is 0.106. The number of aromatic hydroxyl groups is 1. The first-order valence-electron chi connectivity index (χ1n) is 6.20. The summed E-state index contributed by atoms with van der Waals surface area (Å²) in [5.41, 5.74) is 1.30. The third kappa shape index (κ3) is 3.24. The fourth-order valence-electron chi connectivity index (χ4n) is 2.47. The SMILES string of the molecule is Oc1ccc(CCC2CCC(O)CC2)cc1. The molecule has 1 saturated carbocycles. The molecule has 1 aromatic rings. The van der Waals surface area contributed by atoms with E-state index in [0.29, 0.717) is 5.75 Å². The van der Waals surface area contributed by atoms with Crippen LogP contribution in [0.5, 0.6) is 5.75 Å². The minimum atomic E-state index is -0.0510. The van der Waals surface area contributed by atoms with E-state index in [4.69, 9.17) is 0 Å². The first-order chi connectivity index (χ1) is 7.74. The normalized spacial score (nSPS) is 25.6. The van der Waals surface area contributed by atoms with Gasteiger partial charge in [-0.3, -0.25) is 0 Å². The van der Waals surface area contributed by atoms with E-state index in [-0.39, 0.29) is 6.10 Å². The second kappa shape index (κ2) is 5.35. The van der Waals surface area contributed by atoms with Gasteiger partial charge in [0, 0.05) is 0 Å². The molecule has 1 aromatic carbocycles. The van der Waals surface area contributed by atoms with Crippen molar-refractivity contribution in [3.63, 3.8) is 0 Å². The Morgan fingerprint density at radius 3 is 2.25 bits per heavy atom. The highest BCUT2D eigenvalue weighted by Gasteiger charge is 2.18. The number of hydrogen-bond acceptors (Lipinski definition) is 2. The maximum absolute atomic E-state index is 9.41. The van der Waals surface area contributed by atoms with Crippen molar-refractivity contribution in [1.29, 1.82) is 0 Å². The fourth-order valence-corrected chi connectivity index (χ4v) is 2.47. The smallest absolute Gasteiger partial charge is 0.115 e. The van der Waals surface area contributed by atoms with Gasteiger partial charge in [-0.15, -0.1) is 0 Å². The van der Waals surface area contributed by atoms with Crippen LogP contribution in [0.25, 0.3) is 0 Å². The molecule has 88 valence electrons. The molecular weight excluding hydrogens is 200 g/mol. The van der Waals surface area contributed by atoms with Crippen LogP contribution in [0.2, 0.25) is 0 Å². The van der Waals surface area contributed by atoms with Crippen LogP contribution in [0.1, 0.15) is 37.7 Å². The highest BCUT2D eigenvalue weighted by Crippen LogP contribution is 2.28. The minimum absolute atomic E-state index is 0.0510. The summed E-state index contributed by atoms with van der Waals surface area (Å²) in [6.45, 7) is 0. The summed E-state index contributed by atoms with van der Waals surface area (Å²) in [5.74, 6) is 1.11. The summed E-state index contributed by atoms with van der Waals surface area (Å²) >= 11 is 0. The van der Waals surface area contributed by atoms with Crippen LogP contribution in [0.15, 0.2) is 24.3 Å². The van der Waals surface area contributed by atoms with E-state index in [9.17, 15) is 10.2 Å². The Morgan fingerprint density at radius 2 is 1.62 bits per heavy atom. The topological polar surface area (TPSA) is 40.5 Å². The molecule has 0 spiro atoms. The fraction of sp³-hybridized carbons (Fsp3) is 0.571. The third-order valence-electron chi connectivity index (χ3n) is 3.59. The van der Waals surface area contributed by atoms with Crippen LogP contribution in [0, 0.1) is 5.92 Å². The van der Waals surface area contributed by atoms with Crippen LogP contribution in [0.3, 0.4) is 0 Å². The zero-order valence-electron chi connectivity index (χ0n) is 9.60. The van der Waals surface area contributed by atoms with Crippen molar-refractivity contribution in [2.45, 2.75) is 44.6 Å². The molecule has 0 aliphatic heterocycles. The maximum atomic E-state index is 9.41. The predicted molar refractivity (Wildman–Crippen MR) is 64.4 cm³/mol. The second-order valence-corrected chi connectivity index (χ2v) is 4.88. The zero-order chi connectivity index (χ0) is 11.4. The largest absolute Gasteiger partial charge is 0.508 e. The van der Waals surface area contributed by atoms with Gasteiger partial charge in [-0.05, 0) is 62.1 Å². The van der Waals surface area contributed by atoms with Gasteiger partial charge in [0.05, 0.1) is 6.10 Å². The monoisotopic (exact) mass is 220 g/mol. The van der Waals surface area contributed by atoms with Crippen LogP contribution in [-0.2, 0) is 6.42 Å². The summed E-state index contributed by atoms with van der Waals surface area (Å²) < 4.78 is 0. The molecule has 1 aliphatic rings. The lowest BCUT2D eigenvalue weighted by Gasteiger charge is -2.25. The molecule has 2 nitrogen and oxygen atoms in total. The predicted octanol–water partition coefficient (Wildman–Crippen LogP) is 2.88. The number of aliphatic hydroxyl groups is 1. The first kappa shape index (κ1) is 11.5. The van der Waals surface area contributed by atoms with Crippen molar-refractivity contribution in [3.8, 4) is 5.75 Å². The molecule has 0 radical (unpaired) electrons. The van der Waals surface area contributed by atoms with Crippen molar-refractivity contribution in [2.75, 3.05) is 0 Å². The molecule has 16 heavy (non-hydrogen) atoms. The van der Waals surface area contributed by atoms with Crippen LogP contribution >= 0.6 is 0 Å². The molecule has 0 saturated heterocycles. The van der Waals surface area contributed by atoms with E-state index in [2.05, 4.69) is 0 Å². The van der Waals surface area contributed by atoms with E-state index in [1.165, 1.54) is 24.8 Å². The van der Waals surface area contributed by atoms with Gasteiger partial charge in [-0.1, -0.05) is 12.1 Å². The van der Waals surface area contributed by atoms with Crippen molar-refractivity contribution >= 4 is 0 Å². The Morgan fingerprint density at radius 1 is 1.00 bits per heavy atom. The molecule has 0 aromatic heterocycles. The molecule has 0 unspecified atom stereocenters. The van der Waals surface area contributed by atoms with Gasteiger partial charge in [0.2, 0.25) is 0 Å². The minimum Gasteiger partial charge on any atom is -0.508 e. The number of aliphatic hydroxyl groups excluding tert-OH is 1. The van der Waals surface area contributed by atoms with Gasteiger partial charge in [-0.2, -0.15) is 0 Å². The van der Waals surface area contributed by atoms with Crippen LogP contribution < -0.4 is 0 Å². The summed E-state index contributed by atoms with van der Waals surface area (Å²) in [6.07, 6.45) is 6.52. The van der Waals surface area contributed by atoms with E-state index >= 15 is 0 Å². The van der Waals surface area contributed by atoms with Crippen molar-refractivity contribution < 1.29 is 10.2 Å². The van der Waals surface area contributed by atoms with Crippen molar-refractivity contribution in [3.05, 3.63) is 29.8 Å². The lowest BCUT2D eigenvalue weighted by Crippen LogP contribution is -2.18. The average molecular weight is 220 g/mol. The van der Waals surface area contributed by atoms with Gasteiger partial charge in [0.1, 0.15) is 5.75 Å². The summed E-state index contributed by atoms with van der Waals surface area (Å²) in [4.78, 5) is 0. The highest BCUT2D eigenvalue weighted by molar-refractivity contribution is 5.25. The number of rotatable bonds is 3. The van der Waals surface area contributed by atoms with Crippen molar-refractivity contribution in [1.82, 2.24) is 0 Å². The summed E-state index contributed by atoms with van der Waals surface area (Å²) in [5, 5.41) is 18.6. The molecule has 0 atom stereocenters. The molecule has 0 heterocycles. The van der Waals surface area contributed by atoms with Crippen molar-refractivity contribution in [2.24, 2.45) is 5.92 Å². The molecule has 1 aliphatic carbocycles. The van der Waals surface area contributed by atoms with E-state index in [1.807, 2.05) is 12.1 Å². The standard InChI is InChI=1S/C14H20O2/c15-13-7-3-11(4-8-13)1-2-12-5-9-14(16)10-6-12/h3-4,7-8,12,14-16H,1-2,5-6,9-10H2. The maximum Gasteiger partial charge on any atom is 0.115 e. The molecule has 0 amide bonds. The van der Waals surface area contributed by atoms with Gasteiger partial charge in [0.25, 0.3) is 0 Å². The molecule has 2 N–H and O–H groups in total. The third-order valence-corrected chi connectivity index (χ3v) is 3.59. The van der Waals surface area contributed by atoms with Gasteiger partial charge >= 0.3 is 0 Å². The highest BCUT2D eigenvalue weighted by atomic mass is 16.3. The molecule has 1 fully saturated rings. The Balaban J connectivity index is 1.77. The molecule has 0 bridgehead atoms. The van der Waals surface area contributed by atoms with Gasteiger partial charge in [-0.25, -0.2) is 0 Å². The second-order valence-electron chi connectivity index (χ2n) is 4.88. The van der Waals surface area contributed by atoms with Crippen LogP contribution in [0.4, 0.5) is 0 Å². The van der Waals surface area contributed by atoms with E-state index in [0.717, 1.165) is 25.2 Å². The summed E-state index contributed by atoms with van der Waals surface area (Å²) in [7, 11) is 0. The summed E-state index contributed by atoms with van der Waals surface area (Å²) in [6, 6.07) is 7.49. The van der Waals surface area contributed by atoms with Crippen LogP contribution in [-0.4, -0.2) is 16.3 Å². The van der Waals surface area contributed by atoms with Gasteiger partial charge in [0.15, 0.2) is 0 Å². The lowest BCUT2D eigenvalue weighted by atomic mass is 9.84. The quantitative estimate of drug-likeness (QED) is 0.822. The number of aryl methyl sites for hydroxylation is 1. The first-order valence-corrected chi connectivity index (χ1v) is 6.20. The average Bonchev–Trinajstić information content (AvgIpc) is 2.30. The Kier molecular flexibility index (Phi) is 3.83. The number of benzene rings is 1. The zero-order valence-corrected chi connectivity index (χ0v) is 9.60. The Hall–Kier alpha value is -1.02. The number of phenolic OH excluding ortho intramolecular Hbond substituents is 1. The van der Waals surface area contributed by atoms with Gasteiger partial charge < -0.3 is 10.2 Å². The van der Waals surface area contributed by atoms with E-state index in [1.54, 1.807) is 12.1 Å². The molecular formula is C14H20O2.